The smallest absolute Gasteiger partial charge is 0.252 e. The van der Waals surface area contributed by atoms with Crippen LogP contribution in [0.15, 0.2) is 72.8 Å². The number of para-hydroxylation sites is 1. The Bertz CT molecular complexity index is 1240. The lowest BCUT2D eigenvalue weighted by Crippen LogP contribution is -2.26. The van der Waals surface area contributed by atoms with Crippen LogP contribution in [0.4, 0.5) is 4.39 Å². The minimum Gasteiger partial charge on any atom is -0.352 e. The van der Waals surface area contributed by atoms with Gasteiger partial charge >= 0.3 is 0 Å². The molecule has 4 rings (SSSR count). The summed E-state index contributed by atoms with van der Waals surface area (Å²) in [5, 5.41) is 4.76. The summed E-state index contributed by atoms with van der Waals surface area (Å²) in [6.07, 6.45) is 0.560. The first-order chi connectivity index (χ1) is 14.5. The van der Waals surface area contributed by atoms with Gasteiger partial charge in [-0.2, -0.15) is 0 Å². The van der Waals surface area contributed by atoms with E-state index in [4.69, 9.17) is 23.2 Å². The van der Waals surface area contributed by atoms with Crippen LogP contribution in [-0.2, 0) is 6.42 Å². The van der Waals surface area contributed by atoms with Crippen molar-refractivity contribution < 1.29 is 9.18 Å². The second-order valence-electron chi connectivity index (χ2n) is 6.79. The first-order valence-electron chi connectivity index (χ1n) is 9.40. The molecule has 0 spiro atoms. The largest absolute Gasteiger partial charge is 0.352 e. The van der Waals surface area contributed by atoms with Crippen molar-refractivity contribution in [2.75, 3.05) is 6.54 Å². The number of amides is 1. The predicted molar refractivity (Wildman–Crippen MR) is 120 cm³/mol. The monoisotopic (exact) mass is 438 g/mol. The highest BCUT2D eigenvalue weighted by molar-refractivity contribution is 6.35. The molecule has 0 unspecified atom stereocenters. The molecular formula is C24H17Cl2FN2O. The fourth-order valence-corrected chi connectivity index (χ4v) is 3.80. The van der Waals surface area contributed by atoms with E-state index in [-0.39, 0.29) is 11.7 Å². The van der Waals surface area contributed by atoms with Gasteiger partial charge in [0.2, 0.25) is 0 Å². The number of hydrogen-bond acceptors (Lipinski definition) is 2. The summed E-state index contributed by atoms with van der Waals surface area (Å²) in [5.74, 6) is -0.639. The molecule has 0 saturated heterocycles. The minimum atomic E-state index is -0.385. The van der Waals surface area contributed by atoms with Crippen LogP contribution < -0.4 is 5.32 Å². The lowest BCUT2D eigenvalue weighted by atomic mass is 10.0. The molecule has 0 saturated carbocycles. The quantitative estimate of drug-likeness (QED) is 0.396. The molecule has 0 bridgehead atoms. The van der Waals surface area contributed by atoms with E-state index in [1.165, 1.54) is 6.07 Å². The minimum absolute atomic E-state index is 0.253. The zero-order chi connectivity index (χ0) is 21.1. The van der Waals surface area contributed by atoms with Gasteiger partial charge in [0.05, 0.1) is 16.8 Å². The zero-order valence-corrected chi connectivity index (χ0v) is 17.3. The highest BCUT2D eigenvalue weighted by Gasteiger charge is 2.15. The van der Waals surface area contributed by atoms with E-state index >= 15 is 0 Å². The van der Waals surface area contributed by atoms with Gasteiger partial charge in [0, 0.05) is 27.5 Å². The molecule has 4 aromatic rings. The van der Waals surface area contributed by atoms with Crippen LogP contribution in [0.3, 0.4) is 0 Å². The molecule has 1 heterocycles. The Labute approximate surface area is 183 Å². The molecule has 0 aliphatic carbocycles. The third-order valence-corrected chi connectivity index (χ3v) is 5.39. The number of benzene rings is 3. The van der Waals surface area contributed by atoms with Gasteiger partial charge in [0.15, 0.2) is 0 Å². The van der Waals surface area contributed by atoms with Crippen LogP contribution in [-0.4, -0.2) is 17.4 Å². The van der Waals surface area contributed by atoms with E-state index in [2.05, 4.69) is 10.3 Å². The fraction of sp³-hybridized carbons (Fsp3) is 0.0833. The second-order valence-corrected chi connectivity index (χ2v) is 7.64. The fourth-order valence-electron chi connectivity index (χ4n) is 3.30. The first-order valence-corrected chi connectivity index (χ1v) is 10.2. The van der Waals surface area contributed by atoms with Crippen molar-refractivity contribution in [3.8, 4) is 11.3 Å². The molecule has 3 aromatic carbocycles. The summed E-state index contributed by atoms with van der Waals surface area (Å²) in [6, 6.07) is 20.6. The van der Waals surface area contributed by atoms with Crippen LogP contribution in [0.25, 0.3) is 22.2 Å². The number of aromatic nitrogens is 1. The molecule has 3 nitrogen and oxygen atoms in total. The summed E-state index contributed by atoms with van der Waals surface area (Å²) in [5.41, 5.74) is 2.74. The van der Waals surface area contributed by atoms with Gasteiger partial charge in [-0.1, -0.05) is 59.6 Å². The van der Waals surface area contributed by atoms with E-state index in [9.17, 15) is 9.18 Å². The first kappa shape index (κ1) is 20.3. The Morgan fingerprint density at radius 1 is 0.967 bits per heavy atom. The van der Waals surface area contributed by atoms with E-state index in [0.717, 1.165) is 5.56 Å². The van der Waals surface area contributed by atoms with Crippen molar-refractivity contribution in [1.82, 2.24) is 10.3 Å². The number of carbonyl (C=O) groups is 1. The average Bonchev–Trinajstić information content (AvgIpc) is 2.74. The average molecular weight is 439 g/mol. The molecular weight excluding hydrogens is 422 g/mol. The molecule has 30 heavy (non-hydrogen) atoms. The summed E-state index contributed by atoms with van der Waals surface area (Å²) in [7, 11) is 0. The Hall–Kier alpha value is -2.95. The number of nitrogens with zero attached hydrogens (tertiary/aromatic N) is 1. The number of hydrogen-bond donors (Lipinski definition) is 1. The maximum absolute atomic E-state index is 14.3. The van der Waals surface area contributed by atoms with Crippen LogP contribution in [0.5, 0.6) is 0 Å². The topological polar surface area (TPSA) is 42.0 Å². The van der Waals surface area contributed by atoms with Crippen LogP contribution in [0.1, 0.15) is 15.9 Å². The van der Waals surface area contributed by atoms with Crippen molar-refractivity contribution in [2.24, 2.45) is 0 Å². The third-order valence-electron chi connectivity index (χ3n) is 4.81. The van der Waals surface area contributed by atoms with Crippen molar-refractivity contribution in [1.29, 1.82) is 0 Å². The van der Waals surface area contributed by atoms with E-state index < -0.39 is 0 Å². The van der Waals surface area contributed by atoms with Crippen molar-refractivity contribution >= 4 is 40.0 Å². The molecule has 0 aliphatic heterocycles. The summed E-state index contributed by atoms with van der Waals surface area (Å²) < 4.78 is 14.3. The second kappa shape index (κ2) is 8.82. The Kier molecular flexibility index (Phi) is 5.98. The number of carbonyl (C=O) groups excluding carboxylic acids is 1. The van der Waals surface area contributed by atoms with Crippen molar-refractivity contribution in [3.63, 3.8) is 0 Å². The zero-order valence-electron chi connectivity index (χ0n) is 15.8. The standard InChI is InChI=1S/C24H17Cl2FN2O/c25-16-10-9-15(20(26)13-16)11-12-28-24(30)19-14-23(18-6-1-3-7-21(18)27)29-22-8-4-2-5-17(19)22/h1-10,13-14H,11-12H2,(H,28,30). The van der Waals surface area contributed by atoms with Gasteiger partial charge in [-0.25, -0.2) is 9.37 Å². The maximum Gasteiger partial charge on any atom is 0.252 e. The SMILES string of the molecule is O=C(NCCc1ccc(Cl)cc1Cl)c1cc(-c2ccccc2F)nc2ccccc12. The van der Waals surface area contributed by atoms with E-state index in [1.807, 2.05) is 30.3 Å². The lowest BCUT2D eigenvalue weighted by Gasteiger charge is -2.11. The predicted octanol–water partition coefficient (Wildman–Crippen LogP) is 6.32. The summed E-state index contributed by atoms with van der Waals surface area (Å²) in [4.78, 5) is 17.5. The number of rotatable bonds is 5. The van der Waals surface area contributed by atoms with Gasteiger partial charge in [0.1, 0.15) is 5.82 Å². The molecule has 0 aliphatic rings. The summed E-state index contributed by atoms with van der Waals surface area (Å²) in [6.45, 7) is 0.395. The van der Waals surface area contributed by atoms with Gasteiger partial charge < -0.3 is 5.32 Å². The molecule has 150 valence electrons. The third kappa shape index (κ3) is 4.30. The number of halogens is 3. The molecule has 6 heteroatoms. The van der Waals surface area contributed by atoms with Crippen LogP contribution in [0, 0.1) is 5.82 Å². The Morgan fingerprint density at radius 3 is 2.53 bits per heavy atom. The van der Waals surface area contributed by atoms with Gasteiger partial charge in [-0.05, 0) is 48.4 Å². The van der Waals surface area contributed by atoms with E-state index in [0.29, 0.717) is 50.7 Å². The molecule has 0 fully saturated rings. The van der Waals surface area contributed by atoms with Crippen molar-refractivity contribution in [2.45, 2.75) is 6.42 Å². The van der Waals surface area contributed by atoms with Crippen LogP contribution in [0.2, 0.25) is 10.0 Å². The maximum atomic E-state index is 14.3. The molecule has 0 radical (unpaired) electrons. The van der Waals surface area contributed by atoms with E-state index in [1.54, 1.807) is 36.4 Å². The highest BCUT2D eigenvalue weighted by Crippen LogP contribution is 2.27. The number of fused-ring (bicyclic) bond motifs is 1. The lowest BCUT2D eigenvalue weighted by molar-refractivity contribution is 0.0955. The number of nitrogens with one attached hydrogen (secondary N) is 1. The molecule has 1 aromatic heterocycles. The molecule has 1 amide bonds. The van der Waals surface area contributed by atoms with Crippen LogP contribution >= 0.6 is 23.2 Å². The number of pyridine rings is 1. The van der Waals surface area contributed by atoms with Gasteiger partial charge in [0.25, 0.3) is 5.91 Å². The molecule has 1 N–H and O–H groups in total. The van der Waals surface area contributed by atoms with Crippen molar-refractivity contribution in [3.05, 3.63) is 99.8 Å². The summed E-state index contributed by atoms with van der Waals surface area (Å²) >= 11 is 12.1. The van der Waals surface area contributed by atoms with Gasteiger partial charge in [-0.15, -0.1) is 0 Å². The van der Waals surface area contributed by atoms with Gasteiger partial charge in [-0.3, -0.25) is 4.79 Å². The highest BCUT2D eigenvalue weighted by atomic mass is 35.5. The Morgan fingerprint density at radius 2 is 1.73 bits per heavy atom. The normalized spacial score (nSPS) is 10.9. The molecule has 0 atom stereocenters. The Balaban J connectivity index is 1.62.